The van der Waals surface area contributed by atoms with Crippen molar-refractivity contribution in [2.45, 2.75) is 6.42 Å². The van der Waals surface area contributed by atoms with Crippen molar-refractivity contribution in [3.8, 4) is 0 Å². The Kier molecular flexibility index (Phi) is 1.02. The van der Waals surface area contributed by atoms with Crippen molar-refractivity contribution in [2.24, 2.45) is 0 Å². The van der Waals surface area contributed by atoms with Gasteiger partial charge in [-0.15, -0.1) is 0 Å². The average Bonchev–Trinajstić information content (AvgIpc) is 2.33. The summed E-state index contributed by atoms with van der Waals surface area (Å²) in [6, 6.07) is 0. The third-order valence-corrected chi connectivity index (χ3v) is 1.54. The van der Waals surface area contributed by atoms with Gasteiger partial charge in [-0.1, -0.05) is 0 Å². The van der Waals surface area contributed by atoms with E-state index >= 15 is 0 Å². The fourth-order valence-corrected chi connectivity index (χ4v) is 1.03. The highest BCUT2D eigenvalue weighted by atomic mass is 15.1. The van der Waals surface area contributed by atoms with E-state index in [4.69, 9.17) is 0 Å². The van der Waals surface area contributed by atoms with Gasteiger partial charge in [0.1, 0.15) is 0 Å². The molecule has 47 valence electrons. The number of nitrogens with one attached hydrogen (secondary N) is 2. The van der Waals surface area contributed by atoms with Crippen molar-refractivity contribution in [2.75, 3.05) is 6.54 Å². The molecule has 2 rings (SSSR count). The summed E-state index contributed by atoms with van der Waals surface area (Å²) < 4.78 is 0. The average molecular weight is 122 g/mol. The van der Waals surface area contributed by atoms with E-state index in [0.717, 1.165) is 18.7 Å². The number of aromatic amines is 1. The molecule has 0 amide bonds. The first kappa shape index (κ1) is 4.99. The van der Waals surface area contributed by atoms with Crippen LogP contribution in [0.3, 0.4) is 0 Å². The minimum absolute atomic E-state index is 1.03. The Bertz CT molecular complexity index is 183. The predicted molar refractivity (Wildman–Crippen MR) is 33.7 cm³/mol. The highest BCUT2D eigenvalue weighted by Gasteiger charge is 2.08. The number of hydrogen-bond acceptors (Lipinski definition) is 2. The zero-order valence-corrected chi connectivity index (χ0v) is 5.02. The van der Waals surface area contributed by atoms with Crippen LogP contribution < -0.4 is 5.32 Å². The zero-order valence-electron chi connectivity index (χ0n) is 5.02. The molecule has 1 aliphatic rings. The third kappa shape index (κ3) is 0.733. The van der Waals surface area contributed by atoms with Gasteiger partial charge < -0.3 is 5.32 Å². The fourth-order valence-electron chi connectivity index (χ4n) is 1.03. The smallest absolute Gasteiger partial charge is 0.0705 e. The molecule has 0 fully saturated rings. The maximum Gasteiger partial charge on any atom is 0.0705 e. The molecule has 0 spiro atoms. The molecule has 0 aliphatic carbocycles. The Labute approximate surface area is 53.5 Å². The SMILES string of the molecule is [CH]1NCCc2cn[nH]c21. The van der Waals surface area contributed by atoms with Gasteiger partial charge in [0.2, 0.25) is 0 Å². The van der Waals surface area contributed by atoms with Crippen LogP contribution in [0.25, 0.3) is 0 Å². The van der Waals surface area contributed by atoms with Gasteiger partial charge in [0, 0.05) is 0 Å². The molecule has 2 heterocycles. The van der Waals surface area contributed by atoms with E-state index in [0.29, 0.717) is 0 Å². The summed E-state index contributed by atoms with van der Waals surface area (Å²) >= 11 is 0. The number of fused-ring (bicyclic) bond motifs is 1. The van der Waals surface area contributed by atoms with Crippen LogP contribution in [0.1, 0.15) is 11.3 Å². The lowest BCUT2D eigenvalue weighted by molar-refractivity contribution is 0.745. The van der Waals surface area contributed by atoms with Crippen LogP contribution in [0, 0.1) is 6.54 Å². The van der Waals surface area contributed by atoms with Gasteiger partial charge in [-0.25, -0.2) is 0 Å². The Morgan fingerprint density at radius 3 is 3.44 bits per heavy atom. The fraction of sp³-hybridized carbons (Fsp3) is 0.333. The standard InChI is InChI=1S/C6H8N3/c1-2-7-4-6-5(1)3-8-9-6/h3-4,7H,1-2H2,(H,8,9). The molecule has 0 saturated carbocycles. The van der Waals surface area contributed by atoms with E-state index in [1.807, 2.05) is 12.7 Å². The predicted octanol–water partition coefficient (Wildman–Crippen LogP) is 0.0653. The van der Waals surface area contributed by atoms with Gasteiger partial charge in [0.15, 0.2) is 0 Å². The minimum atomic E-state index is 1.03. The number of hydrogen-bond donors (Lipinski definition) is 2. The summed E-state index contributed by atoms with van der Waals surface area (Å²) in [5.41, 5.74) is 2.44. The minimum Gasteiger partial charge on any atom is -0.307 e. The first-order valence-corrected chi connectivity index (χ1v) is 3.05. The van der Waals surface area contributed by atoms with Crippen LogP contribution in [-0.4, -0.2) is 16.7 Å². The van der Waals surface area contributed by atoms with Crippen LogP contribution >= 0.6 is 0 Å². The Balaban J connectivity index is 2.39. The summed E-state index contributed by atoms with van der Waals surface area (Å²) in [6.45, 7) is 3.00. The monoisotopic (exact) mass is 122 g/mol. The van der Waals surface area contributed by atoms with Gasteiger partial charge in [0.05, 0.1) is 18.4 Å². The second-order valence-corrected chi connectivity index (χ2v) is 2.16. The molecular formula is C6H8N3. The van der Waals surface area contributed by atoms with Gasteiger partial charge in [-0.3, -0.25) is 5.10 Å². The molecule has 1 aromatic heterocycles. The van der Waals surface area contributed by atoms with Gasteiger partial charge in [-0.05, 0) is 18.5 Å². The van der Waals surface area contributed by atoms with Crippen LogP contribution in [0.5, 0.6) is 0 Å². The van der Waals surface area contributed by atoms with Crippen LogP contribution in [0.2, 0.25) is 0 Å². The summed E-state index contributed by atoms with van der Waals surface area (Å²) in [5, 5.41) is 9.93. The Morgan fingerprint density at radius 1 is 1.56 bits per heavy atom. The molecule has 1 aromatic rings. The summed E-state index contributed by atoms with van der Waals surface area (Å²) in [4.78, 5) is 0. The zero-order chi connectivity index (χ0) is 6.10. The largest absolute Gasteiger partial charge is 0.307 e. The Morgan fingerprint density at radius 2 is 2.56 bits per heavy atom. The lowest BCUT2D eigenvalue weighted by Gasteiger charge is -2.09. The van der Waals surface area contributed by atoms with E-state index in [1.54, 1.807) is 0 Å². The molecule has 9 heavy (non-hydrogen) atoms. The summed E-state index contributed by atoms with van der Waals surface area (Å²) in [7, 11) is 0. The lowest BCUT2D eigenvalue weighted by atomic mass is 10.1. The van der Waals surface area contributed by atoms with Crippen LogP contribution in [-0.2, 0) is 6.42 Å². The molecule has 0 aromatic carbocycles. The molecule has 2 N–H and O–H groups in total. The quantitative estimate of drug-likeness (QED) is 0.511. The molecule has 3 heteroatoms. The highest BCUT2D eigenvalue weighted by Crippen LogP contribution is 2.09. The van der Waals surface area contributed by atoms with Crippen molar-refractivity contribution in [1.82, 2.24) is 15.5 Å². The molecule has 0 atom stereocenters. The van der Waals surface area contributed by atoms with Crippen LogP contribution in [0.15, 0.2) is 6.20 Å². The summed E-state index contributed by atoms with van der Waals surface area (Å²) in [6.07, 6.45) is 2.97. The molecule has 0 unspecified atom stereocenters. The van der Waals surface area contributed by atoms with E-state index in [1.165, 1.54) is 5.56 Å². The number of H-pyrrole nitrogens is 1. The van der Waals surface area contributed by atoms with E-state index in [9.17, 15) is 0 Å². The van der Waals surface area contributed by atoms with Crippen LogP contribution in [0.4, 0.5) is 0 Å². The van der Waals surface area contributed by atoms with Crippen molar-refractivity contribution in [1.29, 1.82) is 0 Å². The van der Waals surface area contributed by atoms with Gasteiger partial charge in [0.25, 0.3) is 0 Å². The number of aromatic nitrogens is 2. The molecule has 3 nitrogen and oxygen atoms in total. The first-order chi connectivity index (χ1) is 4.47. The third-order valence-electron chi connectivity index (χ3n) is 1.54. The Hall–Kier alpha value is -0.830. The highest BCUT2D eigenvalue weighted by molar-refractivity contribution is 5.25. The number of nitrogens with zero attached hydrogens (tertiary/aromatic N) is 1. The second kappa shape index (κ2) is 1.84. The van der Waals surface area contributed by atoms with Gasteiger partial charge in [-0.2, -0.15) is 5.10 Å². The summed E-state index contributed by atoms with van der Waals surface area (Å²) in [5.74, 6) is 0. The topological polar surface area (TPSA) is 40.7 Å². The molecule has 1 radical (unpaired) electrons. The first-order valence-electron chi connectivity index (χ1n) is 3.05. The van der Waals surface area contributed by atoms with Crippen molar-refractivity contribution < 1.29 is 0 Å². The van der Waals surface area contributed by atoms with E-state index in [-0.39, 0.29) is 0 Å². The van der Waals surface area contributed by atoms with Crippen molar-refractivity contribution in [3.63, 3.8) is 0 Å². The maximum absolute atomic E-state index is 3.91. The van der Waals surface area contributed by atoms with Crippen molar-refractivity contribution in [3.05, 3.63) is 24.0 Å². The van der Waals surface area contributed by atoms with Gasteiger partial charge >= 0.3 is 0 Å². The second-order valence-electron chi connectivity index (χ2n) is 2.16. The maximum atomic E-state index is 3.91. The molecule has 1 aliphatic heterocycles. The normalized spacial score (nSPS) is 17.3. The van der Waals surface area contributed by atoms with E-state index in [2.05, 4.69) is 15.5 Å². The molecular weight excluding hydrogens is 114 g/mol. The van der Waals surface area contributed by atoms with E-state index < -0.39 is 0 Å². The molecule has 0 saturated heterocycles. The number of rotatable bonds is 0. The van der Waals surface area contributed by atoms with Crippen molar-refractivity contribution >= 4 is 0 Å². The lowest BCUT2D eigenvalue weighted by Crippen LogP contribution is -2.20. The molecule has 0 bridgehead atoms.